The first-order valence-corrected chi connectivity index (χ1v) is 13.0. The average Bonchev–Trinajstić information content (AvgIpc) is 3.36. The van der Waals surface area contributed by atoms with Crippen LogP contribution in [0.3, 0.4) is 0 Å². The maximum atomic E-state index is 13.4. The second-order valence-corrected chi connectivity index (χ2v) is 9.61. The first-order valence-electron chi connectivity index (χ1n) is 11.8. The number of halogens is 2. The summed E-state index contributed by atoms with van der Waals surface area (Å²) in [5.41, 5.74) is 5.66. The molecule has 7 nitrogen and oxygen atoms in total. The number of hydrogen-bond donors (Lipinski definition) is 2. The number of benzene rings is 4. The van der Waals surface area contributed by atoms with E-state index in [2.05, 4.69) is 31.4 Å². The van der Waals surface area contributed by atoms with Crippen LogP contribution in [-0.2, 0) is 0 Å². The molecular formula is C30H21BrClN3O4. The number of hydrazone groups is 1. The topological polar surface area (TPSA) is 92.8 Å². The van der Waals surface area contributed by atoms with Gasteiger partial charge in [-0.1, -0.05) is 76.1 Å². The summed E-state index contributed by atoms with van der Waals surface area (Å²) >= 11 is 10.1. The van der Waals surface area contributed by atoms with Crippen LogP contribution in [-0.4, -0.2) is 30.2 Å². The van der Waals surface area contributed by atoms with Gasteiger partial charge < -0.3 is 14.5 Å². The summed E-state index contributed by atoms with van der Waals surface area (Å²) in [6, 6.07) is 26.5. The van der Waals surface area contributed by atoms with Gasteiger partial charge in [0.25, 0.3) is 5.91 Å². The summed E-state index contributed by atoms with van der Waals surface area (Å²) in [7, 11) is 1.56. The van der Waals surface area contributed by atoms with E-state index in [0.717, 1.165) is 9.86 Å². The number of aromatic amines is 1. The highest BCUT2D eigenvalue weighted by molar-refractivity contribution is 9.10. The summed E-state index contributed by atoms with van der Waals surface area (Å²) in [6.07, 6.45) is 1.42. The Bertz CT molecular complexity index is 1720. The number of nitrogens with one attached hydrogen (secondary N) is 2. The lowest BCUT2D eigenvalue weighted by atomic mass is 10.0. The quantitative estimate of drug-likeness (QED) is 0.0889. The third kappa shape index (κ3) is 5.43. The number of fused-ring (bicyclic) bond motifs is 1. The molecule has 0 radical (unpaired) electrons. The molecule has 1 heterocycles. The van der Waals surface area contributed by atoms with Crippen molar-refractivity contribution in [3.05, 3.63) is 117 Å². The summed E-state index contributed by atoms with van der Waals surface area (Å²) in [4.78, 5) is 29.1. The Balaban J connectivity index is 1.46. The van der Waals surface area contributed by atoms with E-state index in [9.17, 15) is 9.59 Å². The number of amides is 1. The third-order valence-corrected chi connectivity index (χ3v) is 6.95. The van der Waals surface area contributed by atoms with Crippen LogP contribution in [0.15, 0.2) is 101 Å². The highest BCUT2D eigenvalue weighted by Crippen LogP contribution is 2.42. The van der Waals surface area contributed by atoms with Crippen molar-refractivity contribution in [3.8, 4) is 22.6 Å². The van der Waals surface area contributed by atoms with Gasteiger partial charge in [0.1, 0.15) is 17.2 Å². The van der Waals surface area contributed by atoms with Crippen molar-refractivity contribution < 1.29 is 19.1 Å². The minimum Gasteiger partial charge on any atom is -0.495 e. The van der Waals surface area contributed by atoms with Gasteiger partial charge in [0.2, 0.25) is 0 Å². The van der Waals surface area contributed by atoms with E-state index in [0.29, 0.717) is 44.3 Å². The lowest BCUT2D eigenvalue weighted by Crippen LogP contribution is -2.19. The van der Waals surface area contributed by atoms with Gasteiger partial charge >= 0.3 is 5.97 Å². The highest BCUT2D eigenvalue weighted by atomic mass is 79.9. The minimum absolute atomic E-state index is 0.254. The van der Waals surface area contributed by atoms with Crippen LogP contribution < -0.4 is 14.9 Å². The van der Waals surface area contributed by atoms with Crippen LogP contribution in [0.2, 0.25) is 5.02 Å². The number of H-pyrrole nitrogens is 1. The molecule has 194 valence electrons. The molecule has 0 saturated carbocycles. The van der Waals surface area contributed by atoms with Crippen molar-refractivity contribution in [3.63, 3.8) is 0 Å². The van der Waals surface area contributed by atoms with E-state index in [1.54, 1.807) is 67.8 Å². The van der Waals surface area contributed by atoms with Crippen molar-refractivity contribution >= 4 is 56.5 Å². The number of esters is 1. The van der Waals surface area contributed by atoms with Crippen LogP contribution in [0.4, 0.5) is 0 Å². The Kier molecular flexibility index (Phi) is 7.76. The number of para-hydroxylation sites is 1. The summed E-state index contributed by atoms with van der Waals surface area (Å²) in [6.45, 7) is 0. The fourth-order valence-corrected chi connectivity index (χ4v) is 4.90. The van der Waals surface area contributed by atoms with E-state index in [1.807, 2.05) is 30.3 Å². The fourth-order valence-electron chi connectivity index (χ4n) is 4.14. The second-order valence-electron chi connectivity index (χ2n) is 8.35. The highest BCUT2D eigenvalue weighted by Gasteiger charge is 2.24. The van der Waals surface area contributed by atoms with Gasteiger partial charge in [0, 0.05) is 31.6 Å². The Morgan fingerprint density at radius 1 is 0.923 bits per heavy atom. The molecule has 0 atom stereocenters. The number of hydrogen-bond acceptors (Lipinski definition) is 5. The number of aromatic nitrogens is 1. The zero-order valence-corrected chi connectivity index (χ0v) is 22.9. The Morgan fingerprint density at radius 2 is 1.64 bits per heavy atom. The zero-order valence-electron chi connectivity index (χ0n) is 20.6. The fraction of sp³-hybridized carbons (Fsp3) is 0.0333. The number of nitrogens with zero attached hydrogens (tertiary/aromatic N) is 1. The van der Waals surface area contributed by atoms with Crippen molar-refractivity contribution in [1.82, 2.24) is 10.4 Å². The SMILES string of the molecule is COc1ccc(Br)c2c(-c3ccccc3Cl)c(C(=O)NN=Cc3ccccc3OC(=O)c3ccccc3)[nH]c12. The molecule has 4 aromatic carbocycles. The molecule has 39 heavy (non-hydrogen) atoms. The van der Waals surface area contributed by atoms with Gasteiger partial charge in [-0.15, -0.1) is 0 Å². The summed E-state index contributed by atoms with van der Waals surface area (Å²) in [5.74, 6) is -0.119. The maximum Gasteiger partial charge on any atom is 0.343 e. The van der Waals surface area contributed by atoms with Gasteiger partial charge in [-0.25, -0.2) is 10.2 Å². The molecule has 0 aliphatic heterocycles. The number of carbonyl (C=O) groups excluding carboxylic acids is 2. The van der Waals surface area contributed by atoms with Gasteiger partial charge in [0.15, 0.2) is 0 Å². The predicted molar refractivity (Wildman–Crippen MR) is 156 cm³/mol. The van der Waals surface area contributed by atoms with Crippen LogP contribution in [0, 0.1) is 0 Å². The molecule has 5 aromatic rings. The van der Waals surface area contributed by atoms with Crippen molar-refractivity contribution in [2.45, 2.75) is 0 Å². The van der Waals surface area contributed by atoms with Crippen LogP contribution in [0.25, 0.3) is 22.0 Å². The molecule has 0 aliphatic carbocycles. The molecule has 0 unspecified atom stereocenters. The minimum atomic E-state index is -0.498. The Labute approximate surface area is 237 Å². The number of ether oxygens (including phenoxy) is 2. The molecule has 0 spiro atoms. The van der Waals surface area contributed by atoms with E-state index >= 15 is 0 Å². The number of methoxy groups -OCH3 is 1. The lowest BCUT2D eigenvalue weighted by molar-refractivity contribution is 0.0734. The third-order valence-electron chi connectivity index (χ3n) is 5.96. The molecule has 2 N–H and O–H groups in total. The zero-order chi connectivity index (χ0) is 27.4. The van der Waals surface area contributed by atoms with E-state index < -0.39 is 11.9 Å². The van der Waals surface area contributed by atoms with Crippen LogP contribution in [0.1, 0.15) is 26.4 Å². The van der Waals surface area contributed by atoms with Gasteiger partial charge in [-0.3, -0.25) is 4.79 Å². The van der Waals surface area contributed by atoms with E-state index in [1.165, 1.54) is 6.21 Å². The molecule has 1 aromatic heterocycles. The smallest absolute Gasteiger partial charge is 0.343 e. The number of carbonyl (C=O) groups is 2. The largest absolute Gasteiger partial charge is 0.495 e. The van der Waals surface area contributed by atoms with E-state index in [-0.39, 0.29) is 5.69 Å². The summed E-state index contributed by atoms with van der Waals surface area (Å²) < 4.78 is 11.8. The van der Waals surface area contributed by atoms with Gasteiger partial charge in [0.05, 0.1) is 24.4 Å². The maximum absolute atomic E-state index is 13.4. The molecule has 0 aliphatic rings. The van der Waals surface area contributed by atoms with Crippen molar-refractivity contribution in [1.29, 1.82) is 0 Å². The molecule has 0 bridgehead atoms. The van der Waals surface area contributed by atoms with E-state index in [4.69, 9.17) is 21.1 Å². The molecule has 9 heteroatoms. The second kappa shape index (κ2) is 11.6. The molecule has 5 rings (SSSR count). The van der Waals surface area contributed by atoms with Crippen molar-refractivity contribution in [2.75, 3.05) is 7.11 Å². The Morgan fingerprint density at radius 3 is 2.41 bits per heavy atom. The first kappa shape index (κ1) is 26.2. The van der Waals surface area contributed by atoms with Crippen LogP contribution in [0.5, 0.6) is 11.5 Å². The molecule has 0 fully saturated rings. The van der Waals surface area contributed by atoms with Crippen molar-refractivity contribution in [2.24, 2.45) is 5.10 Å². The lowest BCUT2D eigenvalue weighted by Gasteiger charge is -2.08. The standard InChI is InChI=1S/C30H21BrClN3O4/c1-38-24-16-15-21(31)26-25(20-12-6-7-13-22(20)32)28(34-27(24)26)29(36)35-33-17-19-11-5-8-14-23(19)39-30(37)18-9-3-2-4-10-18/h2-17,34H,1H3,(H,35,36). The van der Waals surface area contributed by atoms with Gasteiger partial charge in [-0.2, -0.15) is 5.10 Å². The summed E-state index contributed by atoms with van der Waals surface area (Å²) in [5, 5.41) is 5.37. The normalized spacial score (nSPS) is 11.1. The Hall–Kier alpha value is -4.40. The average molecular weight is 603 g/mol. The van der Waals surface area contributed by atoms with Crippen LogP contribution >= 0.6 is 27.5 Å². The number of rotatable bonds is 7. The molecule has 0 saturated heterocycles. The molecule has 1 amide bonds. The first-order chi connectivity index (χ1) is 19.0. The molecular weight excluding hydrogens is 582 g/mol. The van der Waals surface area contributed by atoms with Gasteiger partial charge in [-0.05, 0) is 42.5 Å². The predicted octanol–water partition coefficient (Wildman–Crippen LogP) is 7.24. The monoisotopic (exact) mass is 601 g/mol.